The first-order chi connectivity index (χ1) is 6.21. The quantitative estimate of drug-likeness (QED) is 0.391. The molecule has 0 aromatic carbocycles. The normalized spacial score (nSPS) is 8.08. The van der Waals surface area contributed by atoms with Crippen LogP contribution in [0.4, 0.5) is 0 Å². The number of hydrogen-bond acceptors (Lipinski definition) is 2. The maximum atomic E-state index is 10.4. The molecule has 13 heavy (non-hydrogen) atoms. The van der Waals surface area contributed by atoms with Gasteiger partial charge in [0.25, 0.3) is 0 Å². The number of hydrogen-bond donors (Lipinski definition) is 0. The average Bonchev–Trinajstić information content (AvgIpc) is 2.17. The first-order valence-corrected chi connectivity index (χ1v) is 4.92. The Morgan fingerprint density at radius 1 is 1.46 bits per heavy atom. The summed E-state index contributed by atoms with van der Waals surface area (Å²) in [7, 11) is -0.197. The second kappa shape index (κ2) is 6.49. The van der Waals surface area contributed by atoms with Crippen LogP contribution in [0.2, 0.25) is 0 Å². The molecule has 0 aromatic heterocycles. The molecule has 0 heterocycles. The molecule has 0 aromatic rings. The van der Waals surface area contributed by atoms with Crippen molar-refractivity contribution in [1.29, 1.82) is 5.26 Å². The molecule has 68 valence electrons. The van der Waals surface area contributed by atoms with Gasteiger partial charge in [0.15, 0.2) is 0 Å². The van der Waals surface area contributed by atoms with Crippen molar-refractivity contribution in [3.63, 3.8) is 0 Å². The van der Waals surface area contributed by atoms with Gasteiger partial charge in [-0.25, -0.2) is 0 Å². The molecule has 3 heteroatoms. The fourth-order valence-electron chi connectivity index (χ4n) is 1.07. The van der Waals surface area contributed by atoms with Crippen LogP contribution in [0.1, 0.15) is 26.7 Å². The zero-order chi connectivity index (χ0) is 10.3. The van der Waals surface area contributed by atoms with E-state index in [4.69, 9.17) is 5.26 Å². The Hall–Kier alpha value is -1.02. The van der Waals surface area contributed by atoms with E-state index in [0.717, 1.165) is 18.4 Å². The Morgan fingerprint density at radius 2 is 2.00 bits per heavy atom. The zero-order valence-electron chi connectivity index (χ0n) is 7.92. The molecule has 0 aliphatic rings. The summed E-state index contributed by atoms with van der Waals surface area (Å²) >= 11 is 0. The number of nitriles is 1. The van der Waals surface area contributed by atoms with Crippen LogP contribution in [0.5, 0.6) is 0 Å². The van der Waals surface area contributed by atoms with E-state index in [1.807, 2.05) is 19.9 Å². The fourth-order valence-corrected chi connectivity index (χ4v) is 1.45. The molecular weight excluding hydrogens is 181 g/mol. The standard InChI is InChI=1S/C10H12NOP/c1-4-9(5-2)10(7-13-12)8(3)6-11/h3-5H2,1-2H3. The minimum atomic E-state index is -0.197. The van der Waals surface area contributed by atoms with Crippen LogP contribution >= 0.6 is 7.92 Å². The maximum absolute atomic E-state index is 10.4. The van der Waals surface area contributed by atoms with Crippen LogP contribution < -0.4 is 0 Å². The van der Waals surface area contributed by atoms with Gasteiger partial charge in [0, 0.05) is 0 Å². The summed E-state index contributed by atoms with van der Waals surface area (Å²) in [6.45, 7) is 7.57. The van der Waals surface area contributed by atoms with Crippen LogP contribution in [-0.4, -0.2) is 0 Å². The fraction of sp³-hybridized carbons (Fsp3) is 0.400. The molecule has 0 bridgehead atoms. The summed E-state index contributed by atoms with van der Waals surface area (Å²) in [5.74, 6) is 0. The third-order valence-corrected chi connectivity index (χ3v) is 2.12. The van der Waals surface area contributed by atoms with Gasteiger partial charge < -0.3 is 0 Å². The van der Waals surface area contributed by atoms with E-state index in [9.17, 15) is 4.57 Å². The molecule has 0 unspecified atom stereocenters. The second-order valence-corrected chi connectivity index (χ2v) is 2.89. The minimum absolute atomic E-state index is 0.197. The molecule has 0 aliphatic heterocycles. The Kier molecular flexibility index (Phi) is 5.98. The molecule has 0 rings (SSSR count). The molecule has 0 aliphatic carbocycles. The summed E-state index contributed by atoms with van der Waals surface area (Å²) in [4.78, 5) is 0. The summed E-state index contributed by atoms with van der Waals surface area (Å²) < 4.78 is 10.4. The predicted octanol–water partition coefficient (Wildman–Crippen LogP) is 3.43. The third-order valence-electron chi connectivity index (χ3n) is 1.80. The van der Waals surface area contributed by atoms with Gasteiger partial charge >= 0.3 is 79.4 Å². The number of nitrogens with zero attached hydrogens (tertiary/aromatic N) is 1. The molecular formula is C10H12NOP. The van der Waals surface area contributed by atoms with Gasteiger partial charge in [-0.05, 0) is 0 Å². The first kappa shape index (κ1) is 12.0. The van der Waals surface area contributed by atoms with Gasteiger partial charge in [-0.15, -0.1) is 0 Å². The Bertz CT molecular complexity index is 361. The van der Waals surface area contributed by atoms with Crippen molar-refractivity contribution in [3.05, 3.63) is 23.3 Å². The first-order valence-electron chi connectivity index (χ1n) is 4.10. The van der Waals surface area contributed by atoms with Gasteiger partial charge in [0.05, 0.1) is 0 Å². The second-order valence-electron chi connectivity index (χ2n) is 2.48. The van der Waals surface area contributed by atoms with E-state index in [-0.39, 0.29) is 7.92 Å². The Labute approximate surface area is 80.1 Å². The van der Waals surface area contributed by atoms with Crippen LogP contribution in [-0.2, 0) is 4.57 Å². The van der Waals surface area contributed by atoms with Crippen molar-refractivity contribution < 1.29 is 4.57 Å². The molecule has 2 nitrogen and oxygen atoms in total. The molecule has 0 atom stereocenters. The molecule has 0 saturated heterocycles. The van der Waals surface area contributed by atoms with Gasteiger partial charge in [-0.2, -0.15) is 0 Å². The molecule has 0 fully saturated rings. The van der Waals surface area contributed by atoms with Crippen molar-refractivity contribution >= 4 is 7.92 Å². The van der Waals surface area contributed by atoms with E-state index < -0.39 is 0 Å². The van der Waals surface area contributed by atoms with Crippen molar-refractivity contribution in [2.45, 2.75) is 26.7 Å². The van der Waals surface area contributed by atoms with E-state index in [2.05, 4.69) is 12.2 Å². The zero-order valence-corrected chi connectivity index (χ0v) is 8.82. The summed E-state index contributed by atoms with van der Waals surface area (Å²) in [5.41, 5.74) is 4.62. The molecule has 0 spiro atoms. The summed E-state index contributed by atoms with van der Waals surface area (Å²) in [6.07, 6.45) is 1.66. The number of rotatable bonds is 3. The summed E-state index contributed by atoms with van der Waals surface area (Å²) in [5, 5.41) is 8.64. The van der Waals surface area contributed by atoms with E-state index >= 15 is 0 Å². The van der Waals surface area contributed by atoms with Crippen molar-refractivity contribution in [2.24, 2.45) is 0 Å². The molecule has 0 amide bonds. The van der Waals surface area contributed by atoms with Crippen LogP contribution in [0.15, 0.2) is 23.3 Å². The topological polar surface area (TPSA) is 40.9 Å². The molecule has 0 saturated carbocycles. The SMILES string of the molecule is C=C(C#N)C(C#P=O)=C(CC)CC. The Balaban J connectivity index is 5.31. The average molecular weight is 193 g/mol. The van der Waals surface area contributed by atoms with E-state index in [1.54, 1.807) is 0 Å². The third kappa shape index (κ3) is 3.47. The summed E-state index contributed by atoms with van der Waals surface area (Å²) in [6, 6.07) is 1.94. The van der Waals surface area contributed by atoms with Crippen molar-refractivity contribution in [3.8, 4) is 11.7 Å². The van der Waals surface area contributed by atoms with Crippen molar-refractivity contribution in [2.75, 3.05) is 0 Å². The van der Waals surface area contributed by atoms with Gasteiger partial charge in [-0.1, -0.05) is 0 Å². The van der Waals surface area contributed by atoms with Crippen molar-refractivity contribution in [1.82, 2.24) is 0 Å². The Morgan fingerprint density at radius 3 is 2.31 bits per heavy atom. The van der Waals surface area contributed by atoms with Gasteiger partial charge in [0.1, 0.15) is 0 Å². The predicted molar refractivity (Wildman–Crippen MR) is 53.9 cm³/mol. The number of allylic oxidation sites excluding steroid dienone is 3. The van der Waals surface area contributed by atoms with Crippen LogP contribution in [0.25, 0.3) is 0 Å². The molecule has 0 radical (unpaired) electrons. The van der Waals surface area contributed by atoms with Gasteiger partial charge in [-0.3, -0.25) is 0 Å². The van der Waals surface area contributed by atoms with E-state index in [0.29, 0.717) is 11.1 Å². The van der Waals surface area contributed by atoms with E-state index in [1.165, 1.54) is 0 Å². The molecule has 0 N–H and O–H groups in total. The van der Waals surface area contributed by atoms with Crippen LogP contribution in [0.3, 0.4) is 0 Å². The van der Waals surface area contributed by atoms with Crippen LogP contribution in [0, 0.1) is 17.0 Å². The monoisotopic (exact) mass is 193 g/mol. The van der Waals surface area contributed by atoms with Gasteiger partial charge in [0.2, 0.25) is 0 Å².